The molecule has 4 heteroatoms. The van der Waals surface area contributed by atoms with E-state index in [1.807, 2.05) is 6.07 Å². The van der Waals surface area contributed by atoms with E-state index in [0.717, 1.165) is 5.69 Å². The maximum atomic E-state index is 8.55. The van der Waals surface area contributed by atoms with Crippen LogP contribution in [0.5, 0.6) is 0 Å². The highest BCUT2D eigenvalue weighted by Gasteiger charge is 1.96. The van der Waals surface area contributed by atoms with E-state index in [-0.39, 0.29) is 12.4 Å². The van der Waals surface area contributed by atoms with E-state index in [0.29, 0.717) is 12.8 Å². The summed E-state index contributed by atoms with van der Waals surface area (Å²) in [5, 5.41) is 17.0. The van der Waals surface area contributed by atoms with Crippen LogP contribution in [0.2, 0.25) is 0 Å². The lowest BCUT2D eigenvalue weighted by atomic mass is 10.2. The fraction of sp³-hybridized carbons (Fsp3) is 0.375. The van der Waals surface area contributed by atoms with Gasteiger partial charge in [0.2, 0.25) is 5.82 Å². The zero-order valence-corrected chi connectivity index (χ0v) is 6.56. The molecular formula is C8H9N3O. The molecule has 0 fully saturated rings. The van der Waals surface area contributed by atoms with E-state index in [9.17, 15) is 0 Å². The summed E-state index contributed by atoms with van der Waals surface area (Å²) in [6.45, 7) is 0.145. The molecule has 0 saturated carbocycles. The van der Waals surface area contributed by atoms with Crippen molar-refractivity contribution < 1.29 is 5.11 Å². The number of nitriles is 1. The molecule has 4 nitrogen and oxygen atoms in total. The molecule has 0 aliphatic heterocycles. The monoisotopic (exact) mass is 163 g/mol. The molecule has 1 rings (SSSR count). The molecule has 1 heterocycles. The topological polar surface area (TPSA) is 69.8 Å². The van der Waals surface area contributed by atoms with Gasteiger partial charge in [-0.1, -0.05) is 0 Å². The second-order valence-electron chi connectivity index (χ2n) is 2.31. The van der Waals surface area contributed by atoms with Gasteiger partial charge in [-0.05, 0) is 18.9 Å². The van der Waals surface area contributed by atoms with Gasteiger partial charge in [-0.25, -0.2) is 9.97 Å². The molecule has 0 aliphatic rings. The van der Waals surface area contributed by atoms with Crippen molar-refractivity contribution in [2.75, 3.05) is 6.61 Å². The second-order valence-corrected chi connectivity index (χ2v) is 2.31. The summed E-state index contributed by atoms with van der Waals surface area (Å²) in [6, 6.07) is 3.61. The molecule has 0 aliphatic carbocycles. The van der Waals surface area contributed by atoms with Crippen molar-refractivity contribution in [3.05, 3.63) is 23.8 Å². The summed E-state index contributed by atoms with van der Waals surface area (Å²) in [7, 11) is 0. The van der Waals surface area contributed by atoms with Crippen LogP contribution in [0.25, 0.3) is 0 Å². The van der Waals surface area contributed by atoms with Gasteiger partial charge in [-0.3, -0.25) is 0 Å². The van der Waals surface area contributed by atoms with E-state index in [1.54, 1.807) is 12.3 Å². The number of aliphatic hydroxyl groups is 1. The smallest absolute Gasteiger partial charge is 0.232 e. The number of aryl methyl sites for hydroxylation is 1. The van der Waals surface area contributed by atoms with Gasteiger partial charge in [0.05, 0.1) is 0 Å². The van der Waals surface area contributed by atoms with Gasteiger partial charge in [-0.15, -0.1) is 0 Å². The maximum Gasteiger partial charge on any atom is 0.232 e. The summed E-state index contributed by atoms with van der Waals surface area (Å²) < 4.78 is 0. The Labute approximate surface area is 70.5 Å². The molecule has 0 saturated heterocycles. The van der Waals surface area contributed by atoms with E-state index >= 15 is 0 Å². The molecule has 1 aromatic rings. The average molecular weight is 163 g/mol. The minimum absolute atomic E-state index is 0.145. The van der Waals surface area contributed by atoms with Gasteiger partial charge in [0.25, 0.3) is 0 Å². The number of rotatable bonds is 3. The molecule has 0 bridgehead atoms. The van der Waals surface area contributed by atoms with Crippen molar-refractivity contribution in [2.45, 2.75) is 12.8 Å². The lowest BCUT2D eigenvalue weighted by Crippen LogP contribution is -1.96. The SMILES string of the molecule is N#Cc1nccc(CCCO)n1. The molecule has 62 valence electrons. The first-order valence-electron chi connectivity index (χ1n) is 3.69. The van der Waals surface area contributed by atoms with Crippen LogP contribution in [0.3, 0.4) is 0 Å². The molecule has 1 N–H and O–H groups in total. The van der Waals surface area contributed by atoms with Gasteiger partial charge in [0, 0.05) is 18.5 Å². The number of aliphatic hydroxyl groups excluding tert-OH is 1. The molecule has 0 atom stereocenters. The van der Waals surface area contributed by atoms with Crippen LogP contribution in [0, 0.1) is 11.3 Å². The van der Waals surface area contributed by atoms with Crippen molar-refractivity contribution in [3.8, 4) is 6.07 Å². The Morgan fingerprint density at radius 1 is 1.58 bits per heavy atom. The molecular weight excluding hydrogens is 154 g/mol. The Bertz CT molecular complexity index is 293. The van der Waals surface area contributed by atoms with Gasteiger partial charge in [-0.2, -0.15) is 5.26 Å². The fourth-order valence-corrected chi connectivity index (χ4v) is 0.849. The Morgan fingerprint density at radius 3 is 3.08 bits per heavy atom. The summed E-state index contributed by atoms with van der Waals surface area (Å²) in [5.41, 5.74) is 0.801. The first kappa shape index (κ1) is 8.62. The number of nitrogens with zero attached hydrogens (tertiary/aromatic N) is 3. The molecule has 0 unspecified atom stereocenters. The van der Waals surface area contributed by atoms with Crippen LogP contribution < -0.4 is 0 Å². The average Bonchev–Trinajstić information content (AvgIpc) is 2.15. The quantitative estimate of drug-likeness (QED) is 0.694. The lowest BCUT2D eigenvalue weighted by Gasteiger charge is -1.96. The minimum Gasteiger partial charge on any atom is -0.396 e. The van der Waals surface area contributed by atoms with Gasteiger partial charge in [0.15, 0.2) is 0 Å². The molecule has 0 radical (unpaired) electrons. The molecule has 0 amide bonds. The molecule has 1 aromatic heterocycles. The highest BCUT2D eigenvalue weighted by molar-refractivity contribution is 5.12. The second kappa shape index (κ2) is 4.42. The van der Waals surface area contributed by atoms with E-state index in [2.05, 4.69) is 9.97 Å². The highest BCUT2D eigenvalue weighted by atomic mass is 16.2. The Hall–Kier alpha value is -1.47. The summed E-state index contributed by atoms with van der Waals surface area (Å²) in [5.74, 6) is 0.186. The molecule has 0 aromatic carbocycles. The minimum atomic E-state index is 0.145. The predicted octanol–water partition coefficient (Wildman–Crippen LogP) is 0.273. The van der Waals surface area contributed by atoms with Crippen LogP contribution >= 0.6 is 0 Å². The van der Waals surface area contributed by atoms with Crippen molar-refractivity contribution in [1.82, 2.24) is 9.97 Å². The van der Waals surface area contributed by atoms with Crippen LogP contribution in [0.15, 0.2) is 12.3 Å². The Kier molecular flexibility index (Phi) is 3.17. The van der Waals surface area contributed by atoms with Crippen LogP contribution in [-0.4, -0.2) is 21.7 Å². The summed E-state index contributed by atoms with van der Waals surface area (Å²) >= 11 is 0. The van der Waals surface area contributed by atoms with Crippen molar-refractivity contribution in [2.24, 2.45) is 0 Å². The van der Waals surface area contributed by atoms with Crippen LogP contribution in [0.4, 0.5) is 0 Å². The maximum absolute atomic E-state index is 8.55. The standard InChI is InChI=1S/C8H9N3O/c9-6-8-10-4-3-7(11-8)2-1-5-12/h3-4,12H,1-2,5H2. The third-order valence-corrected chi connectivity index (χ3v) is 1.40. The van der Waals surface area contributed by atoms with E-state index < -0.39 is 0 Å². The molecule has 0 spiro atoms. The number of hydrogen-bond acceptors (Lipinski definition) is 4. The largest absolute Gasteiger partial charge is 0.396 e. The third-order valence-electron chi connectivity index (χ3n) is 1.40. The number of aromatic nitrogens is 2. The summed E-state index contributed by atoms with van der Waals surface area (Å²) in [4.78, 5) is 7.68. The van der Waals surface area contributed by atoms with Crippen molar-refractivity contribution in [1.29, 1.82) is 5.26 Å². The summed E-state index contributed by atoms with van der Waals surface area (Å²) in [6.07, 6.45) is 2.91. The normalized spacial score (nSPS) is 9.33. The first-order chi connectivity index (χ1) is 5.86. The van der Waals surface area contributed by atoms with Crippen LogP contribution in [0.1, 0.15) is 17.9 Å². The zero-order chi connectivity index (χ0) is 8.81. The van der Waals surface area contributed by atoms with Gasteiger partial charge >= 0.3 is 0 Å². The van der Waals surface area contributed by atoms with Gasteiger partial charge in [0.1, 0.15) is 6.07 Å². The van der Waals surface area contributed by atoms with Gasteiger partial charge < -0.3 is 5.11 Å². The third kappa shape index (κ3) is 2.29. The molecule has 12 heavy (non-hydrogen) atoms. The van der Waals surface area contributed by atoms with E-state index in [4.69, 9.17) is 10.4 Å². The van der Waals surface area contributed by atoms with Crippen LogP contribution in [-0.2, 0) is 6.42 Å². The Morgan fingerprint density at radius 2 is 2.42 bits per heavy atom. The number of hydrogen-bond donors (Lipinski definition) is 1. The van der Waals surface area contributed by atoms with E-state index in [1.165, 1.54) is 0 Å². The van der Waals surface area contributed by atoms with Crippen molar-refractivity contribution >= 4 is 0 Å². The lowest BCUT2D eigenvalue weighted by molar-refractivity contribution is 0.288. The predicted molar refractivity (Wildman–Crippen MR) is 42.2 cm³/mol. The first-order valence-corrected chi connectivity index (χ1v) is 3.69. The van der Waals surface area contributed by atoms with Crippen molar-refractivity contribution in [3.63, 3.8) is 0 Å². The zero-order valence-electron chi connectivity index (χ0n) is 6.56. The Balaban J connectivity index is 2.68. The highest BCUT2D eigenvalue weighted by Crippen LogP contribution is 1.98. The fourth-order valence-electron chi connectivity index (χ4n) is 0.849.